The lowest BCUT2D eigenvalue weighted by atomic mass is 9.99. The molecule has 1 aromatic carbocycles. The molecule has 43 heavy (non-hydrogen) atoms. The van der Waals surface area contributed by atoms with Crippen molar-refractivity contribution < 1.29 is 28.5 Å². The van der Waals surface area contributed by atoms with Crippen molar-refractivity contribution in [2.75, 3.05) is 39.6 Å². The number of aliphatic imine (C=N–C) groups is 1. The van der Waals surface area contributed by atoms with Crippen LogP contribution < -0.4 is 10.1 Å². The fourth-order valence-corrected chi connectivity index (χ4v) is 5.86. The molecule has 3 aromatic rings. The number of amides is 1. The molecule has 0 unspecified atom stereocenters. The number of thiophene rings is 1. The van der Waals surface area contributed by atoms with E-state index >= 15 is 0 Å². The monoisotopic (exact) mass is 611 g/mol. The second-order valence-electron chi connectivity index (χ2n) is 11.2. The van der Waals surface area contributed by atoms with Gasteiger partial charge in [0.2, 0.25) is 5.91 Å². The van der Waals surface area contributed by atoms with Gasteiger partial charge in [-0.05, 0) is 78.3 Å². The summed E-state index contributed by atoms with van der Waals surface area (Å²) in [6.45, 7) is 15.3. The van der Waals surface area contributed by atoms with Crippen LogP contribution >= 0.6 is 11.3 Å². The van der Waals surface area contributed by atoms with Gasteiger partial charge in [0.25, 0.3) is 0 Å². The van der Waals surface area contributed by atoms with E-state index in [-0.39, 0.29) is 25.5 Å². The Morgan fingerprint density at radius 3 is 2.40 bits per heavy atom. The average Bonchev–Trinajstić information content (AvgIpc) is 3.41. The summed E-state index contributed by atoms with van der Waals surface area (Å²) < 4.78 is 24.0. The summed E-state index contributed by atoms with van der Waals surface area (Å²) in [5.74, 6) is 1.65. The van der Waals surface area contributed by atoms with Crippen molar-refractivity contribution in [2.24, 2.45) is 4.99 Å². The van der Waals surface area contributed by atoms with Gasteiger partial charge in [0.15, 0.2) is 5.82 Å². The maximum Gasteiger partial charge on any atom is 0.332 e. The quantitative estimate of drug-likeness (QED) is 0.222. The predicted molar refractivity (Wildman–Crippen MR) is 165 cm³/mol. The minimum Gasteiger partial charge on any atom is -0.491 e. The number of aryl methyl sites for hydroxylation is 2. The van der Waals surface area contributed by atoms with E-state index in [0.717, 1.165) is 33.2 Å². The molecule has 0 bridgehead atoms. The second kappa shape index (κ2) is 14.2. The van der Waals surface area contributed by atoms with Crippen LogP contribution in [0.1, 0.15) is 73.4 Å². The standard InChI is InChI=1S/C31H41N5O6S/c1-8-32-25(37)17-24-29-35-34-21(4)36(29)30-27(19(2)20(3)43-30)28(33-24)22-9-11-23(12-10-22)41-16-15-39-13-14-40-18-26(38)42-31(5,6)7/h9-12,24H,8,13-18H2,1-7H3,(H,32,37)/t24-/m0/s1. The molecule has 1 aliphatic heterocycles. The van der Waals surface area contributed by atoms with Crippen LogP contribution in [0.4, 0.5) is 0 Å². The van der Waals surface area contributed by atoms with Crippen LogP contribution in [0.2, 0.25) is 0 Å². The number of benzene rings is 1. The molecule has 232 valence electrons. The maximum atomic E-state index is 12.6. The van der Waals surface area contributed by atoms with E-state index in [1.165, 1.54) is 4.88 Å². The second-order valence-corrected chi connectivity index (χ2v) is 12.4. The van der Waals surface area contributed by atoms with Crippen molar-refractivity contribution in [2.45, 2.75) is 66.5 Å². The van der Waals surface area contributed by atoms with Gasteiger partial charge in [-0.15, -0.1) is 21.5 Å². The summed E-state index contributed by atoms with van der Waals surface area (Å²) in [5.41, 5.74) is 3.38. The smallest absolute Gasteiger partial charge is 0.332 e. The van der Waals surface area contributed by atoms with Crippen molar-refractivity contribution in [1.82, 2.24) is 20.1 Å². The highest BCUT2D eigenvalue weighted by Gasteiger charge is 2.32. The summed E-state index contributed by atoms with van der Waals surface area (Å²) in [7, 11) is 0. The van der Waals surface area contributed by atoms with Crippen LogP contribution in [-0.4, -0.2) is 77.5 Å². The number of ether oxygens (including phenoxy) is 4. The van der Waals surface area contributed by atoms with Crippen LogP contribution in [0.5, 0.6) is 5.75 Å². The Bertz CT molecular complexity index is 1450. The first-order valence-electron chi connectivity index (χ1n) is 14.5. The van der Waals surface area contributed by atoms with E-state index in [1.807, 2.05) is 63.5 Å². The van der Waals surface area contributed by atoms with Crippen LogP contribution in [0.3, 0.4) is 0 Å². The van der Waals surface area contributed by atoms with Gasteiger partial charge >= 0.3 is 5.97 Å². The first-order valence-corrected chi connectivity index (χ1v) is 15.3. The molecule has 1 atom stereocenters. The zero-order valence-electron chi connectivity index (χ0n) is 26.0. The molecule has 0 saturated carbocycles. The lowest BCUT2D eigenvalue weighted by Crippen LogP contribution is -2.27. The largest absolute Gasteiger partial charge is 0.491 e. The van der Waals surface area contributed by atoms with Crippen LogP contribution in [0.25, 0.3) is 5.00 Å². The molecule has 1 N–H and O–H groups in total. The highest BCUT2D eigenvalue weighted by atomic mass is 32.1. The molecule has 11 nitrogen and oxygen atoms in total. The molecule has 3 heterocycles. The minimum absolute atomic E-state index is 0.0819. The third-order valence-corrected chi connectivity index (χ3v) is 7.82. The Labute approximate surface area is 256 Å². The fourth-order valence-electron chi connectivity index (χ4n) is 4.64. The molecule has 0 fully saturated rings. The van der Waals surface area contributed by atoms with Crippen molar-refractivity contribution in [3.8, 4) is 10.8 Å². The van der Waals surface area contributed by atoms with Crippen LogP contribution in [0.15, 0.2) is 29.3 Å². The van der Waals surface area contributed by atoms with E-state index in [1.54, 1.807) is 11.3 Å². The highest BCUT2D eigenvalue weighted by Crippen LogP contribution is 2.39. The number of nitrogens with one attached hydrogen (secondary N) is 1. The summed E-state index contributed by atoms with van der Waals surface area (Å²) in [4.78, 5) is 30.6. The van der Waals surface area contributed by atoms with Gasteiger partial charge in [0, 0.05) is 22.5 Å². The lowest BCUT2D eigenvalue weighted by molar-refractivity contribution is -0.160. The summed E-state index contributed by atoms with van der Waals surface area (Å²) in [6.07, 6.45) is 0.176. The van der Waals surface area contributed by atoms with Gasteiger partial charge in [-0.1, -0.05) is 0 Å². The fraction of sp³-hybridized carbons (Fsp3) is 0.516. The normalized spacial score (nSPS) is 14.4. The Morgan fingerprint density at radius 2 is 1.70 bits per heavy atom. The van der Waals surface area contributed by atoms with Crippen molar-refractivity contribution in [3.63, 3.8) is 0 Å². The molecule has 0 saturated heterocycles. The molecule has 4 rings (SSSR count). The summed E-state index contributed by atoms with van der Waals surface area (Å²) in [5, 5.41) is 12.7. The SMILES string of the molecule is CCNC(=O)C[C@@H]1N=C(c2ccc(OCCOCCOCC(=O)OC(C)(C)C)cc2)c2c(sc(C)c2C)-n2c(C)nnc21. The number of nitrogens with zero attached hydrogens (tertiary/aromatic N) is 4. The van der Waals surface area contributed by atoms with E-state index in [0.29, 0.717) is 37.9 Å². The van der Waals surface area contributed by atoms with Crippen molar-refractivity contribution >= 4 is 28.9 Å². The third kappa shape index (κ3) is 8.27. The minimum atomic E-state index is -0.531. The highest BCUT2D eigenvalue weighted by molar-refractivity contribution is 7.15. The Morgan fingerprint density at radius 1 is 1.00 bits per heavy atom. The molecule has 1 aliphatic rings. The average molecular weight is 612 g/mol. The summed E-state index contributed by atoms with van der Waals surface area (Å²) in [6, 6.07) is 7.30. The number of fused-ring (bicyclic) bond motifs is 3. The maximum absolute atomic E-state index is 12.6. The van der Waals surface area contributed by atoms with Gasteiger partial charge in [0.05, 0.1) is 32.0 Å². The topological polar surface area (TPSA) is 126 Å². The lowest BCUT2D eigenvalue weighted by Gasteiger charge is -2.19. The predicted octanol–water partition coefficient (Wildman–Crippen LogP) is 4.43. The van der Waals surface area contributed by atoms with E-state index in [4.69, 9.17) is 23.9 Å². The zero-order valence-corrected chi connectivity index (χ0v) is 26.8. The molecule has 0 radical (unpaired) electrons. The Kier molecular flexibility index (Phi) is 10.7. The van der Waals surface area contributed by atoms with E-state index < -0.39 is 17.6 Å². The molecular weight excluding hydrogens is 570 g/mol. The third-order valence-electron chi connectivity index (χ3n) is 6.63. The van der Waals surface area contributed by atoms with E-state index in [9.17, 15) is 9.59 Å². The van der Waals surface area contributed by atoms with Crippen LogP contribution in [-0.2, 0) is 23.8 Å². The number of esters is 1. The molecule has 2 aromatic heterocycles. The number of rotatable bonds is 13. The van der Waals surface area contributed by atoms with Gasteiger partial charge in [-0.25, -0.2) is 4.79 Å². The molecular formula is C31H41N5O6S. The van der Waals surface area contributed by atoms with Crippen LogP contribution in [0, 0.1) is 20.8 Å². The number of hydrogen-bond acceptors (Lipinski definition) is 10. The zero-order chi connectivity index (χ0) is 31.1. The molecule has 0 spiro atoms. The van der Waals surface area contributed by atoms with Crippen molar-refractivity contribution in [1.29, 1.82) is 0 Å². The molecule has 0 aliphatic carbocycles. The van der Waals surface area contributed by atoms with Gasteiger partial charge in [-0.3, -0.25) is 14.4 Å². The first-order chi connectivity index (χ1) is 20.5. The number of hydrogen-bond donors (Lipinski definition) is 1. The molecule has 12 heteroatoms. The number of carbonyl (C=O) groups excluding carboxylic acids is 2. The van der Waals surface area contributed by atoms with Gasteiger partial charge in [0.1, 0.15) is 41.4 Å². The van der Waals surface area contributed by atoms with E-state index in [2.05, 4.69) is 29.4 Å². The van der Waals surface area contributed by atoms with Gasteiger partial charge < -0.3 is 24.3 Å². The first kappa shape index (κ1) is 32.3. The van der Waals surface area contributed by atoms with Crippen molar-refractivity contribution in [3.05, 3.63) is 57.5 Å². The Balaban J connectivity index is 1.40. The number of carbonyl (C=O) groups is 2. The summed E-state index contributed by atoms with van der Waals surface area (Å²) >= 11 is 1.68. The van der Waals surface area contributed by atoms with Gasteiger partial charge in [-0.2, -0.15) is 0 Å². The number of aromatic nitrogens is 3. The molecule has 1 amide bonds. The Hall–Kier alpha value is -3.61.